The van der Waals surface area contributed by atoms with E-state index in [4.69, 9.17) is 0 Å². The molecule has 0 amide bonds. The van der Waals surface area contributed by atoms with E-state index in [1.165, 1.54) is 12.1 Å². The number of benzene rings is 1. The molecule has 0 unspecified atom stereocenters. The van der Waals surface area contributed by atoms with E-state index in [-0.39, 0.29) is 5.56 Å². The van der Waals surface area contributed by atoms with E-state index in [9.17, 15) is 13.2 Å². The minimum Gasteiger partial charge on any atom is -0.304 e. The maximum Gasteiger partial charge on any atom is 0.417 e. The summed E-state index contributed by atoms with van der Waals surface area (Å²) in [6, 6.07) is 11.0. The van der Waals surface area contributed by atoms with Gasteiger partial charge in [-0.1, -0.05) is 24.3 Å². The number of pyridine rings is 1. The lowest BCUT2D eigenvalue weighted by Gasteiger charge is -2.10. The third-order valence-corrected chi connectivity index (χ3v) is 3.20. The van der Waals surface area contributed by atoms with Crippen molar-refractivity contribution in [1.82, 2.24) is 9.38 Å². The predicted molar refractivity (Wildman–Crippen MR) is 70.4 cm³/mol. The van der Waals surface area contributed by atoms with Crippen molar-refractivity contribution in [1.29, 1.82) is 0 Å². The molecule has 0 fully saturated rings. The molecule has 0 radical (unpaired) electrons. The van der Waals surface area contributed by atoms with E-state index in [2.05, 4.69) is 4.98 Å². The zero-order chi connectivity index (χ0) is 14.3. The molecule has 5 heteroatoms. The van der Waals surface area contributed by atoms with Gasteiger partial charge in [0.1, 0.15) is 5.65 Å². The molecular formula is C15H11F3N2. The Hall–Kier alpha value is -2.30. The maximum atomic E-state index is 13.0. The van der Waals surface area contributed by atoms with E-state index in [0.29, 0.717) is 11.3 Å². The summed E-state index contributed by atoms with van der Waals surface area (Å²) < 4.78 is 40.9. The van der Waals surface area contributed by atoms with Crippen LogP contribution in [-0.4, -0.2) is 9.38 Å². The normalized spacial score (nSPS) is 12.0. The summed E-state index contributed by atoms with van der Waals surface area (Å²) in [4.78, 5) is 4.28. The van der Waals surface area contributed by atoms with Crippen LogP contribution in [0.4, 0.5) is 13.2 Å². The van der Waals surface area contributed by atoms with E-state index in [1.54, 1.807) is 22.7 Å². The van der Waals surface area contributed by atoms with Crippen LogP contribution in [0.2, 0.25) is 0 Å². The second-order valence-electron chi connectivity index (χ2n) is 4.56. The van der Waals surface area contributed by atoms with Gasteiger partial charge in [0.25, 0.3) is 0 Å². The Labute approximate surface area is 113 Å². The monoisotopic (exact) mass is 276 g/mol. The first-order valence-electron chi connectivity index (χ1n) is 6.08. The molecule has 2 aromatic heterocycles. The number of alkyl halides is 3. The quantitative estimate of drug-likeness (QED) is 0.646. The van der Waals surface area contributed by atoms with Crippen LogP contribution in [0, 0.1) is 6.92 Å². The summed E-state index contributed by atoms with van der Waals surface area (Å²) in [5.41, 5.74) is 1.32. The van der Waals surface area contributed by atoms with Crippen molar-refractivity contribution in [3.05, 3.63) is 59.9 Å². The van der Waals surface area contributed by atoms with Gasteiger partial charge in [-0.2, -0.15) is 13.2 Å². The Bertz CT molecular complexity index is 772. The Balaban J connectivity index is 2.24. The third-order valence-electron chi connectivity index (χ3n) is 3.20. The van der Waals surface area contributed by atoms with Gasteiger partial charge < -0.3 is 4.40 Å². The zero-order valence-electron chi connectivity index (χ0n) is 10.6. The topological polar surface area (TPSA) is 17.3 Å². The van der Waals surface area contributed by atoms with Crippen molar-refractivity contribution in [2.45, 2.75) is 13.1 Å². The lowest BCUT2D eigenvalue weighted by Crippen LogP contribution is -2.06. The fourth-order valence-electron chi connectivity index (χ4n) is 2.23. The van der Waals surface area contributed by atoms with Crippen molar-refractivity contribution in [2.75, 3.05) is 0 Å². The van der Waals surface area contributed by atoms with Gasteiger partial charge in [-0.05, 0) is 25.1 Å². The largest absolute Gasteiger partial charge is 0.417 e. The number of rotatable bonds is 1. The van der Waals surface area contributed by atoms with Crippen molar-refractivity contribution in [3.63, 3.8) is 0 Å². The molecule has 102 valence electrons. The van der Waals surface area contributed by atoms with Crippen LogP contribution in [-0.2, 0) is 6.18 Å². The van der Waals surface area contributed by atoms with Gasteiger partial charge in [-0.25, -0.2) is 4.98 Å². The fraction of sp³-hybridized carbons (Fsp3) is 0.133. The SMILES string of the molecule is Cc1cccc2nc(-c3ccccc3C(F)(F)F)cn12. The molecule has 0 atom stereocenters. The molecule has 2 nitrogen and oxygen atoms in total. The van der Waals surface area contributed by atoms with Crippen molar-refractivity contribution in [3.8, 4) is 11.3 Å². The highest BCUT2D eigenvalue weighted by molar-refractivity contribution is 5.67. The van der Waals surface area contributed by atoms with Crippen LogP contribution in [0.1, 0.15) is 11.3 Å². The molecule has 0 saturated carbocycles. The van der Waals surface area contributed by atoms with Gasteiger partial charge in [0.15, 0.2) is 0 Å². The van der Waals surface area contributed by atoms with Crippen LogP contribution in [0.15, 0.2) is 48.7 Å². The van der Waals surface area contributed by atoms with E-state index in [0.717, 1.165) is 11.8 Å². The molecule has 2 heterocycles. The summed E-state index contributed by atoms with van der Waals surface area (Å²) in [6.45, 7) is 1.88. The summed E-state index contributed by atoms with van der Waals surface area (Å²) in [7, 11) is 0. The van der Waals surface area contributed by atoms with Gasteiger partial charge >= 0.3 is 6.18 Å². The molecule has 0 aliphatic carbocycles. The van der Waals surface area contributed by atoms with Gasteiger partial charge in [0.2, 0.25) is 0 Å². The Morgan fingerprint density at radius 2 is 1.75 bits per heavy atom. The van der Waals surface area contributed by atoms with Gasteiger partial charge in [0.05, 0.1) is 11.3 Å². The number of hydrogen-bond acceptors (Lipinski definition) is 1. The van der Waals surface area contributed by atoms with E-state index < -0.39 is 11.7 Å². The molecule has 3 rings (SSSR count). The van der Waals surface area contributed by atoms with Crippen LogP contribution in [0.5, 0.6) is 0 Å². The average Bonchev–Trinajstić information content (AvgIpc) is 2.83. The summed E-state index contributed by atoms with van der Waals surface area (Å²) in [5, 5.41) is 0. The van der Waals surface area contributed by atoms with E-state index >= 15 is 0 Å². The second kappa shape index (κ2) is 4.37. The van der Waals surface area contributed by atoms with Crippen molar-refractivity contribution >= 4 is 5.65 Å². The number of nitrogens with zero attached hydrogens (tertiary/aromatic N) is 2. The van der Waals surface area contributed by atoms with Crippen LogP contribution in [0.25, 0.3) is 16.9 Å². The van der Waals surface area contributed by atoms with Crippen LogP contribution < -0.4 is 0 Å². The number of aryl methyl sites for hydroxylation is 1. The minimum absolute atomic E-state index is 0.100. The van der Waals surface area contributed by atoms with Crippen LogP contribution >= 0.6 is 0 Å². The molecule has 20 heavy (non-hydrogen) atoms. The average molecular weight is 276 g/mol. The lowest BCUT2D eigenvalue weighted by atomic mass is 10.0. The highest BCUT2D eigenvalue weighted by Gasteiger charge is 2.33. The van der Waals surface area contributed by atoms with Crippen molar-refractivity contribution < 1.29 is 13.2 Å². The fourth-order valence-corrected chi connectivity index (χ4v) is 2.23. The smallest absolute Gasteiger partial charge is 0.304 e. The number of hydrogen-bond donors (Lipinski definition) is 0. The van der Waals surface area contributed by atoms with Crippen LogP contribution in [0.3, 0.4) is 0 Å². The molecule has 0 aliphatic rings. The third kappa shape index (κ3) is 2.05. The highest BCUT2D eigenvalue weighted by atomic mass is 19.4. The highest BCUT2D eigenvalue weighted by Crippen LogP contribution is 2.36. The Morgan fingerprint density at radius 1 is 1.00 bits per heavy atom. The summed E-state index contributed by atoms with van der Waals surface area (Å²) in [5.74, 6) is 0. The Morgan fingerprint density at radius 3 is 2.45 bits per heavy atom. The first kappa shape index (κ1) is 12.7. The molecule has 0 saturated heterocycles. The van der Waals surface area contributed by atoms with Gasteiger partial charge in [0, 0.05) is 17.5 Å². The Kier molecular flexibility index (Phi) is 2.78. The first-order chi connectivity index (χ1) is 9.47. The lowest BCUT2D eigenvalue weighted by molar-refractivity contribution is -0.137. The summed E-state index contributed by atoms with van der Waals surface area (Å²) >= 11 is 0. The maximum absolute atomic E-state index is 13.0. The first-order valence-corrected chi connectivity index (χ1v) is 6.08. The molecule has 1 aromatic carbocycles. The number of aromatic nitrogens is 2. The summed E-state index contributed by atoms with van der Waals surface area (Å²) in [6.07, 6.45) is -2.75. The molecule has 0 spiro atoms. The van der Waals surface area contributed by atoms with Crippen molar-refractivity contribution in [2.24, 2.45) is 0 Å². The zero-order valence-corrected chi connectivity index (χ0v) is 10.6. The van der Waals surface area contributed by atoms with E-state index in [1.807, 2.05) is 19.1 Å². The second-order valence-corrected chi connectivity index (χ2v) is 4.56. The number of halogens is 3. The molecule has 0 N–H and O–H groups in total. The molecule has 0 aliphatic heterocycles. The predicted octanol–water partition coefficient (Wildman–Crippen LogP) is 4.33. The molecule has 3 aromatic rings. The molecule has 0 bridgehead atoms. The minimum atomic E-state index is -4.39. The standard InChI is InChI=1S/C15H11F3N2/c1-10-5-4-8-14-19-13(9-20(10)14)11-6-2-3-7-12(11)15(16,17)18/h2-9H,1H3. The number of fused-ring (bicyclic) bond motifs is 1. The molecular weight excluding hydrogens is 265 g/mol. The number of imidazole rings is 1. The van der Waals surface area contributed by atoms with Gasteiger partial charge in [-0.3, -0.25) is 0 Å². The van der Waals surface area contributed by atoms with Gasteiger partial charge in [-0.15, -0.1) is 0 Å².